The zero-order valence-corrected chi connectivity index (χ0v) is 19.0. The van der Waals surface area contributed by atoms with E-state index in [1.54, 1.807) is 13.2 Å². The first-order chi connectivity index (χ1) is 14.9. The molecule has 31 heavy (non-hydrogen) atoms. The van der Waals surface area contributed by atoms with Crippen molar-refractivity contribution in [3.05, 3.63) is 58.6 Å². The van der Waals surface area contributed by atoms with Crippen LogP contribution in [-0.4, -0.2) is 54.9 Å². The third-order valence-electron chi connectivity index (χ3n) is 5.61. The Balaban J connectivity index is 1.45. The summed E-state index contributed by atoms with van der Waals surface area (Å²) in [5.41, 5.74) is 1.15. The zero-order valence-electron chi connectivity index (χ0n) is 18.2. The van der Waals surface area contributed by atoms with Gasteiger partial charge in [-0.2, -0.15) is 0 Å². The van der Waals surface area contributed by atoms with Crippen LogP contribution >= 0.6 is 11.6 Å². The van der Waals surface area contributed by atoms with Crippen molar-refractivity contribution in [2.45, 2.75) is 38.3 Å². The van der Waals surface area contributed by atoms with Crippen LogP contribution < -0.4 is 14.8 Å². The smallest absolute Gasteiger partial charge is 0.234 e. The van der Waals surface area contributed by atoms with Crippen LogP contribution in [0, 0.1) is 6.92 Å². The van der Waals surface area contributed by atoms with Crippen LogP contribution in [0.2, 0.25) is 5.02 Å². The van der Waals surface area contributed by atoms with Gasteiger partial charge in [0.15, 0.2) is 0 Å². The highest BCUT2D eigenvalue weighted by atomic mass is 35.5. The van der Waals surface area contributed by atoms with Crippen molar-refractivity contribution in [3.63, 3.8) is 0 Å². The Morgan fingerprint density at radius 1 is 1.19 bits per heavy atom. The van der Waals surface area contributed by atoms with Gasteiger partial charge in [0, 0.05) is 13.1 Å². The number of methoxy groups -OCH3 is 1. The number of hydrogen-bond donors (Lipinski definition) is 2. The van der Waals surface area contributed by atoms with Gasteiger partial charge in [-0.3, -0.25) is 9.69 Å². The maximum atomic E-state index is 12.4. The third-order valence-corrected chi connectivity index (χ3v) is 5.92. The molecule has 1 atom stereocenters. The summed E-state index contributed by atoms with van der Waals surface area (Å²) < 4.78 is 11.0. The van der Waals surface area contributed by atoms with Gasteiger partial charge in [-0.1, -0.05) is 29.8 Å². The van der Waals surface area contributed by atoms with Crippen LogP contribution in [0.5, 0.6) is 11.5 Å². The lowest BCUT2D eigenvalue weighted by atomic mass is 9.96. The van der Waals surface area contributed by atoms with Gasteiger partial charge >= 0.3 is 0 Å². The van der Waals surface area contributed by atoms with Gasteiger partial charge in [-0.25, -0.2) is 0 Å². The van der Waals surface area contributed by atoms with E-state index in [1.165, 1.54) is 0 Å². The van der Waals surface area contributed by atoms with Crippen LogP contribution in [0.4, 0.5) is 0 Å². The number of halogens is 1. The van der Waals surface area contributed by atoms with Gasteiger partial charge < -0.3 is 19.9 Å². The summed E-state index contributed by atoms with van der Waals surface area (Å²) in [5.74, 6) is 1.36. The standard InChI is InChI=1S/C24H31ClN2O4/c1-18-4-9-21(25)22(14-18)31-17-24(29)10-3-12-27(13-11-24)16-23(28)26-15-19-5-7-20(30-2)8-6-19/h4-9,14,29H,3,10-13,15-17H2,1-2H3,(H,26,28)/t24-/m1/s1. The van der Waals surface area contributed by atoms with Crippen LogP contribution in [0.25, 0.3) is 0 Å². The number of likely N-dealkylation sites (tertiary alicyclic amines) is 1. The lowest BCUT2D eigenvalue weighted by Crippen LogP contribution is -2.40. The molecule has 3 rings (SSSR count). The fourth-order valence-electron chi connectivity index (χ4n) is 3.67. The fourth-order valence-corrected chi connectivity index (χ4v) is 3.85. The summed E-state index contributed by atoms with van der Waals surface area (Å²) in [7, 11) is 1.63. The van der Waals surface area contributed by atoms with Crippen molar-refractivity contribution in [1.29, 1.82) is 0 Å². The lowest BCUT2D eigenvalue weighted by Gasteiger charge is -2.27. The molecular formula is C24H31ClN2O4. The van der Waals surface area contributed by atoms with Gasteiger partial charge in [0.2, 0.25) is 5.91 Å². The summed E-state index contributed by atoms with van der Waals surface area (Å²) in [6, 6.07) is 13.2. The molecule has 7 heteroatoms. The third kappa shape index (κ3) is 7.13. The molecule has 0 bridgehead atoms. The molecule has 0 saturated carbocycles. The molecule has 1 amide bonds. The molecule has 0 aliphatic carbocycles. The maximum Gasteiger partial charge on any atom is 0.234 e. The maximum absolute atomic E-state index is 12.4. The molecule has 1 fully saturated rings. The van der Waals surface area contributed by atoms with E-state index in [9.17, 15) is 9.90 Å². The average Bonchev–Trinajstić information content (AvgIpc) is 2.95. The Kier molecular flexibility index (Phi) is 8.18. The average molecular weight is 447 g/mol. The molecule has 1 aliphatic rings. The molecule has 2 N–H and O–H groups in total. The monoisotopic (exact) mass is 446 g/mol. The molecule has 2 aromatic carbocycles. The van der Waals surface area contributed by atoms with E-state index < -0.39 is 5.60 Å². The Bertz CT molecular complexity index is 874. The molecule has 1 heterocycles. The summed E-state index contributed by atoms with van der Waals surface area (Å²) >= 11 is 6.20. The first-order valence-electron chi connectivity index (χ1n) is 10.6. The minimum Gasteiger partial charge on any atom is -0.497 e. The van der Waals surface area contributed by atoms with Crippen molar-refractivity contribution in [1.82, 2.24) is 10.2 Å². The van der Waals surface area contributed by atoms with Crippen LogP contribution in [0.3, 0.4) is 0 Å². The number of hydrogen-bond acceptors (Lipinski definition) is 5. The molecular weight excluding hydrogens is 416 g/mol. The molecule has 0 spiro atoms. The first-order valence-corrected chi connectivity index (χ1v) is 11.0. The van der Waals surface area contributed by atoms with Crippen molar-refractivity contribution in [2.75, 3.05) is 33.4 Å². The number of benzene rings is 2. The quantitative estimate of drug-likeness (QED) is 0.648. The van der Waals surface area contributed by atoms with Crippen molar-refractivity contribution in [2.24, 2.45) is 0 Å². The normalized spacial score (nSPS) is 19.5. The van der Waals surface area contributed by atoms with E-state index in [0.717, 1.165) is 29.8 Å². The summed E-state index contributed by atoms with van der Waals surface area (Å²) in [6.45, 7) is 4.36. The number of nitrogens with zero attached hydrogens (tertiary/aromatic N) is 1. The second-order valence-corrected chi connectivity index (χ2v) is 8.61. The largest absolute Gasteiger partial charge is 0.497 e. The lowest BCUT2D eigenvalue weighted by molar-refractivity contribution is -0.122. The number of rotatable bonds is 8. The Morgan fingerprint density at radius 2 is 1.97 bits per heavy atom. The predicted molar refractivity (Wildman–Crippen MR) is 122 cm³/mol. The number of aryl methyl sites for hydroxylation is 1. The van der Waals surface area contributed by atoms with Crippen LogP contribution in [0.1, 0.15) is 30.4 Å². The van der Waals surface area contributed by atoms with E-state index >= 15 is 0 Å². The van der Waals surface area contributed by atoms with Gasteiger partial charge in [-0.15, -0.1) is 0 Å². The predicted octanol–water partition coefficient (Wildman–Crippen LogP) is 3.57. The number of ether oxygens (including phenoxy) is 2. The molecule has 6 nitrogen and oxygen atoms in total. The van der Waals surface area contributed by atoms with E-state index in [4.69, 9.17) is 21.1 Å². The van der Waals surface area contributed by atoms with E-state index in [0.29, 0.717) is 43.2 Å². The molecule has 1 saturated heterocycles. The molecule has 168 valence electrons. The van der Waals surface area contributed by atoms with Gasteiger partial charge in [0.25, 0.3) is 0 Å². The van der Waals surface area contributed by atoms with E-state index in [1.807, 2.05) is 43.3 Å². The van der Waals surface area contributed by atoms with Gasteiger partial charge in [-0.05, 0) is 68.1 Å². The number of nitrogens with one attached hydrogen (secondary N) is 1. The highest BCUT2D eigenvalue weighted by Crippen LogP contribution is 2.28. The Hall–Kier alpha value is -2.28. The first kappa shape index (κ1) is 23.4. The molecule has 0 aromatic heterocycles. The minimum atomic E-state index is -0.929. The Morgan fingerprint density at radius 3 is 2.71 bits per heavy atom. The van der Waals surface area contributed by atoms with Gasteiger partial charge in [0.1, 0.15) is 18.1 Å². The summed E-state index contributed by atoms with van der Waals surface area (Å²) in [4.78, 5) is 14.5. The SMILES string of the molecule is COc1ccc(CNC(=O)CN2CCC[C@](O)(COc3cc(C)ccc3Cl)CC2)cc1. The topological polar surface area (TPSA) is 71.0 Å². The van der Waals surface area contributed by atoms with Crippen LogP contribution in [0.15, 0.2) is 42.5 Å². The molecule has 0 radical (unpaired) electrons. The van der Waals surface area contributed by atoms with E-state index in [2.05, 4.69) is 10.2 Å². The number of amides is 1. The molecule has 1 aliphatic heterocycles. The van der Waals surface area contributed by atoms with Gasteiger partial charge in [0.05, 0.1) is 24.3 Å². The summed E-state index contributed by atoms with van der Waals surface area (Å²) in [5, 5.41) is 14.5. The minimum absolute atomic E-state index is 0.0240. The summed E-state index contributed by atoms with van der Waals surface area (Å²) in [6.07, 6.45) is 1.97. The Labute approximate surface area is 189 Å². The number of aliphatic hydroxyl groups is 1. The van der Waals surface area contributed by atoms with Crippen molar-refractivity contribution < 1.29 is 19.4 Å². The highest BCUT2D eigenvalue weighted by molar-refractivity contribution is 6.32. The second kappa shape index (κ2) is 10.8. The number of carbonyl (C=O) groups excluding carboxylic acids is 1. The fraction of sp³-hybridized carbons (Fsp3) is 0.458. The number of carbonyl (C=O) groups is 1. The van der Waals surface area contributed by atoms with E-state index in [-0.39, 0.29) is 12.5 Å². The second-order valence-electron chi connectivity index (χ2n) is 8.20. The zero-order chi connectivity index (χ0) is 22.3. The van der Waals surface area contributed by atoms with Crippen LogP contribution in [-0.2, 0) is 11.3 Å². The van der Waals surface area contributed by atoms with Crippen molar-refractivity contribution in [3.8, 4) is 11.5 Å². The molecule has 2 aromatic rings. The highest BCUT2D eigenvalue weighted by Gasteiger charge is 2.31. The molecule has 0 unspecified atom stereocenters. The van der Waals surface area contributed by atoms with Crippen molar-refractivity contribution >= 4 is 17.5 Å².